The van der Waals surface area contributed by atoms with Crippen LogP contribution in [0.3, 0.4) is 0 Å². The fourth-order valence-electron chi connectivity index (χ4n) is 2.12. The first kappa shape index (κ1) is 16.4. The molecule has 2 aromatic carbocycles. The number of carbonyl (C=O) groups is 1. The van der Waals surface area contributed by atoms with Crippen molar-refractivity contribution < 1.29 is 9.18 Å². The van der Waals surface area contributed by atoms with Crippen LogP contribution in [0.5, 0.6) is 0 Å². The molecule has 0 fully saturated rings. The largest absolute Gasteiger partial charge is 0.335 e. The van der Waals surface area contributed by atoms with Crippen molar-refractivity contribution >= 4 is 24.1 Å². The first-order chi connectivity index (χ1) is 11.1. The standard InChI is InChI=1S/C20H18FNO/c1-15-11-19(13-20(21)12-15)16(2)3-4-17-5-7-18(8-6-17)9-10-22-14-23/h3-14H,2H2,1H3,(H,22,23)/b4-3+,10-9+. The fraction of sp³-hybridized carbons (Fsp3) is 0.0500. The molecule has 3 heteroatoms. The van der Waals surface area contributed by atoms with Crippen LogP contribution in [-0.2, 0) is 4.79 Å². The third-order valence-electron chi connectivity index (χ3n) is 3.27. The van der Waals surface area contributed by atoms with Crippen molar-refractivity contribution in [2.24, 2.45) is 0 Å². The van der Waals surface area contributed by atoms with Crippen LogP contribution in [0, 0.1) is 12.7 Å². The Morgan fingerprint density at radius 2 is 1.74 bits per heavy atom. The molecule has 0 aliphatic rings. The Morgan fingerprint density at radius 3 is 2.35 bits per heavy atom. The lowest BCUT2D eigenvalue weighted by Crippen LogP contribution is -1.97. The van der Waals surface area contributed by atoms with Gasteiger partial charge in [0, 0.05) is 6.20 Å². The van der Waals surface area contributed by atoms with Gasteiger partial charge in [0.15, 0.2) is 0 Å². The van der Waals surface area contributed by atoms with E-state index in [-0.39, 0.29) is 5.82 Å². The summed E-state index contributed by atoms with van der Waals surface area (Å²) in [6, 6.07) is 12.7. The molecule has 2 nitrogen and oxygen atoms in total. The molecule has 0 bridgehead atoms. The van der Waals surface area contributed by atoms with Crippen molar-refractivity contribution in [2.75, 3.05) is 0 Å². The number of hydrogen-bond acceptors (Lipinski definition) is 1. The van der Waals surface area contributed by atoms with Gasteiger partial charge in [-0.25, -0.2) is 4.39 Å². The molecule has 23 heavy (non-hydrogen) atoms. The monoisotopic (exact) mass is 307 g/mol. The van der Waals surface area contributed by atoms with Crippen LogP contribution in [0.1, 0.15) is 22.3 Å². The molecule has 0 saturated heterocycles. The number of aryl methyl sites for hydroxylation is 1. The number of halogens is 1. The maximum atomic E-state index is 13.4. The van der Waals surface area contributed by atoms with E-state index < -0.39 is 0 Å². The second-order valence-electron chi connectivity index (χ2n) is 5.16. The second-order valence-corrected chi connectivity index (χ2v) is 5.16. The van der Waals surface area contributed by atoms with E-state index in [0.29, 0.717) is 6.41 Å². The maximum absolute atomic E-state index is 13.4. The first-order valence-corrected chi connectivity index (χ1v) is 7.19. The zero-order valence-corrected chi connectivity index (χ0v) is 12.9. The van der Waals surface area contributed by atoms with E-state index in [1.54, 1.807) is 12.3 Å². The highest BCUT2D eigenvalue weighted by Gasteiger charge is 2.00. The molecule has 1 N–H and O–H groups in total. The minimum Gasteiger partial charge on any atom is -0.335 e. The summed E-state index contributed by atoms with van der Waals surface area (Å²) >= 11 is 0. The highest BCUT2D eigenvalue weighted by molar-refractivity contribution is 5.77. The smallest absolute Gasteiger partial charge is 0.211 e. The van der Waals surface area contributed by atoms with Crippen molar-refractivity contribution in [3.63, 3.8) is 0 Å². The van der Waals surface area contributed by atoms with Crippen LogP contribution in [0.15, 0.2) is 61.3 Å². The van der Waals surface area contributed by atoms with Crippen molar-refractivity contribution in [1.82, 2.24) is 5.32 Å². The molecule has 0 unspecified atom stereocenters. The first-order valence-electron chi connectivity index (χ1n) is 7.19. The molecule has 1 amide bonds. The molecule has 0 atom stereocenters. The second kappa shape index (κ2) is 7.90. The van der Waals surface area contributed by atoms with Gasteiger partial charge in [-0.1, -0.05) is 49.1 Å². The number of hydrogen-bond donors (Lipinski definition) is 1. The third kappa shape index (κ3) is 5.08. The Kier molecular flexibility index (Phi) is 5.64. The lowest BCUT2D eigenvalue weighted by molar-refractivity contribution is -0.108. The predicted molar refractivity (Wildman–Crippen MR) is 93.9 cm³/mol. The van der Waals surface area contributed by atoms with E-state index >= 15 is 0 Å². The Labute approximate surface area is 135 Å². The lowest BCUT2D eigenvalue weighted by atomic mass is 10.0. The predicted octanol–water partition coefficient (Wildman–Crippen LogP) is 4.58. The SMILES string of the molecule is C=C(/C=C/c1ccc(/C=C/NC=O)cc1)c1cc(C)cc(F)c1. The summed E-state index contributed by atoms with van der Waals surface area (Å²) in [6.07, 6.45) is 7.79. The average Bonchev–Trinajstić information content (AvgIpc) is 2.53. The van der Waals surface area contributed by atoms with Gasteiger partial charge in [0.25, 0.3) is 0 Å². The number of rotatable bonds is 6. The molecular weight excluding hydrogens is 289 g/mol. The Hall–Kier alpha value is -2.94. The van der Waals surface area contributed by atoms with Gasteiger partial charge >= 0.3 is 0 Å². The van der Waals surface area contributed by atoms with Crippen molar-refractivity contribution in [1.29, 1.82) is 0 Å². The van der Waals surface area contributed by atoms with Crippen molar-refractivity contribution in [2.45, 2.75) is 6.92 Å². The van der Waals surface area contributed by atoms with Gasteiger partial charge in [-0.3, -0.25) is 4.79 Å². The lowest BCUT2D eigenvalue weighted by Gasteiger charge is -2.03. The van der Waals surface area contributed by atoms with Gasteiger partial charge in [0.2, 0.25) is 6.41 Å². The summed E-state index contributed by atoms with van der Waals surface area (Å²) < 4.78 is 13.4. The van der Waals surface area contributed by atoms with Crippen LogP contribution in [0.2, 0.25) is 0 Å². The Morgan fingerprint density at radius 1 is 1.09 bits per heavy atom. The molecule has 0 spiro atoms. The minimum atomic E-state index is -0.255. The number of allylic oxidation sites excluding steroid dienone is 2. The molecule has 0 heterocycles. The number of amides is 1. The van der Waals surface area contributed by atoms with Gasteiger partial charge in [0.05, 0.1) is 0 Å². The molecule has 0 saturated carbocycles. The van der Waals surface area contributed by atoms with Gasteiger partial charge in [0.1, 0.15) is 5.82 Å². The quantitative estimate of drug-likeness (QED) is 0.614. The summed E-state index contributed by atoms with van der Waals surface area (Å²) in [6.45, 7) is 5.84. The van der Waals surface area contributed by atoms with Crippen LogP contribution in [-0.4, -0.2) is 6.41 Å². The van der Waals surface area contributed by atoms with Crippen molar-refractivity contribution in [3.8, 4) is 0 Å². The summed E-state index contributed by atoms with van der Waals surface area (Å²) in [5, 5.41) is 2.46. The molecule has 2 aromatic rings. The zero-order chi connectivity index (χ0) is 16.7. The van der Waals surface area contributed by atoms with E-state index in [4.69, 9.17) is 0 Å². The van der Waals surface area contributed by atoms with Gasteiger partial charge in [-0.05, 0) is 53.0 Å². The highest BCUT2D eigenvalue weighted by atomic mass is 19.1. The van der Waals surface area contributed by atoms with Gasteiger partial charge in [-0.15, -0.1) is 0 Å². The Bertz CT molecular complexity index is 737. The van der Waals surface area contributed by atoms with Gasteiger partial charge in [-0.2, -0.15) is 0 Å². The van der Waals surface area contributed by atoms with Crippen molar-refractivity contribution in [3.05, 3.63) is 89.4 Å². The molecule has 2 rings (SSSR count). The number of nitrogens with one attached hydrogen (secondary N) is 1. The van der Waals surface area contributed by atoms with Gasteiger partial charge < -0.3 is 5.32 Å². The molecular formula is C20H18FNO. The van der Waals surface area contributed by atoms with E-state index in [1.807, 2.05) is 49.4 Å². The summed E-state index contributed by atoms with van der Waals surface area (Å²) in [5.74, 6) is -0.255. The van der Waals surface area contributed by atoms with E-state index in [0.717, 1.165) is 27.8 Å². The molecule has 0 aliphatic heterocycles. The maximum Gasteiger partial charge on any atom is 0.211 e. The number of carbonyl (C=O) groups excluding carboxylic acids is 1. The average molecular weight is 307 g/mol. The number of benzene rings is 2. The molecule has 0 aromatic heterocycles. The van der Waals surface area contributed by atoms with E-state index in [1.165, 1.54) is 12.1 Å². The molecule has 0 aliphatic carbocycles. The third-order valence-corrected chi connectivity index (χ3v) is 3.27. The molecule has 0 radical (unpaired) electrons. The summed E-state index contributed by atoms with van der Waals surface area (Å²) in [7, 11) is 0. The van der Waals surface area contributed by atoms with Crippen LogP contribution < -0.4 is 5.32 Å². The van der Waals surface area contributed by atoms with Crippen LogP contribution in [0.4, 0.5) is 4.39 Å². The van der Waals surface area contributed by atoms with Crippen LogP contribution in [0.25, 0.3) is 17.7 Å². The zero-order valence-electron chi connectivity index (χ0n) is 12.9. The topological polar surface area (TPSA) is 29.1 Å². The Balaban J connectivity index is 2.07. The normalized spacial score (nSPS) is 11.0. The molecule has 116 valence electrons. The van der Waals surface area contributed by atoms with Crippen LogP contribution >= 0.6 is 0 Å². The van der Waals surface area contributed by atoms with E-state index in [9.17, 15) is 9.18 Å². The minimum absolute atomic E-state index is 0.255. The summed E-state index contributed by atoms with van der Waals surface area (Å²) in [4.78, 5) is 10.2. The summed E-state index contributed by atoms with van der Waals surface area (Å²) in [5.41, 5.74) is 4.40. The van der Waals surface area contributed by atoms with E-state index in [2.05, 4.69) is 11.9 Å². The highest BCUT2D eigenvalue weighted by Crippen LogP contribution is 2.18. The fourth-order valence-corrected chi connectivity index (χ4v) is 2.12.